The van der Waals surface area contributed by atoms with Crippen molar-refractivity contribution in [1.82, 2.24) is 9.97 Å². The van der Waals surface area contributed by atoms with Crippen LogP contribution in [0, 0.1) is 11.7 Å². The predicted molar refractivity (Wildman–Crippen MR) is 133 cm³/mol. The highest BCUT2D eigenvalue weighted by molar-refractivity contribution is 7.22. The Kier molecular flexibility index (Phi) is 6.41. The fraction of sp³-hybridized carbons (Fsp3) is 0.231. The van der Waals surface area contributed by atoms with E-state index < -0.39 is 5.92 Å². The molecule has 5 rings (SSSR count). The number of carbonyl (C=O) groups excluding carboxylic acids is 2. The molecule has 0 radical (unpaired) electrons. The van der Waals surface area contributed by atoms with Crippen molar-refractivity contribution in [2.24, 2.45) is 5.92 Å². The molecule has 1 aliphatic rings. The lowest BCUT2D eigenvalue weighted by Gasteiger charge is -2.23. The van der Waals surface area contributed by atoms with Crippen molar-refractivity contribution >= 4 is 44.2 Å². The molecule has 2 aromatic heterocycles. The number of pyridine rings is 1. The summed E-state index contributed by atoms with van der Waals surface area (Å²) < 4.78 is 20.0. The average molecular weight is 491 g/mol. The number of anilines is 2. The zero-order valence-corrected chi connectivity index (χ0v) is 19.9. The zero-order chi connectivity index (χ0) is 24.4. The third kappa shape index (κ3) is 4.72. The second-order valence-electron chi connectivity index (χ2n) is 8.16. The standard InChI is InChI=1S/C26H23FN4O3S/c1-2-34-21-7-5-8-22-24(21)29-26(35-22)31(16-19-6-3-4-13-28-19)25(33)17-14-23(32)30(15-17)20-11-9-18(27)10-12-20/h3-13,17H,2,14-16H2,1H3. The first kappa shape index (κ1) is 22.9. The molecule has 1 fully saturated rings. The number of halogens is 1. The van der Waals surface area contributed by atoms with Crippen molar-refractivity contribution in [3.63, 3.8) is 0 Å². The van der Waals surface area contributed by atoms with Gasteiger partial charge in [0.15, 0.2) is 5.13 Å². The number of benzene rings is 2. The maximum atomic E-state index is 13.8. The summed E-state index contributed by atoms with van der Waals surface area (Å²) in [6, 6.07) is 17.0. The molecule has 1 atom stereocenters. The third-order valence-electron chi connectivity index (χ3n) is 5.83. The van der Waals surface area contributed by atoms with Crippen LogP contribution in [0.3, 0.4) is 0 Å². The molecule has 0 N–H and O–H groups in total. The minimum Gasteiger partial charge on any atom is -0.492 e. The summed E-state index contributed by atoms with van der Waals surface area (Å²) in [7, 11) is 0. The number of hydrogen-bond donors (Lipinski definition) is 0. The molecule has 0 aliphatic carbocycles. The van der Waals surface area contributed by atoms with Crippen LogP contribution in [0.1, 0.15) is 19.0 Å². The van der Waals surface area contributed by atoms with Gasteiger partial charge in [-0.05, 0) is 55.5 Å². The quantitative estimate of drug-likeness (QED) is 0.372. The van der Waals surface area contributed by atoms with Gasteiger partial charge in [-0.2, -0.15) is 0 Å². The van der Waals surface area contributed by atoms with E-state index >= 15 is 0 Å². The molecule has 2 amide bonds. The van der Waals surface area contributed by atoms with Gasteiger partial charge in [-0.25, -0.2) is 9.37 Å². The molecule has 3 heterocycles. The van der Waals surface area contributed by atoms with Gasteiger partial charge in [0.2, 0.25) is 11.8 Å². The minimum absolute atomic E-state index is 0.0734. The van der Waals surface area contributed by atoms with Crippen molar-refractivity contribution in [2.45, 2.75) is 19.9 Å². The van der Waals surface area contributed by atoms with E-state index in [1.807, 2.05) is 43.3 Å². The highest BCUT2D eigenvalue weighted by atomic mass is 32.1. The van der Waals surface area contributed by atoms with Gasteiger partial charge in [-0.15, -0.1) is 0 Å². The highest BCUT2D eigenvalue weighted by Crippen LogP contribution is 2.36. The maximum Gasteiger partial charge on any atom is 0.234 e. The summed E-state index contributed by atoms with van der Waals surface area (Å²) in [5, 5.41) is 0.524. The third-order valence-corrected chi connectivity index (χ3v) is 6.87. The van der Waals surface area contributed by atoms with E-state index in [2.05, 4.69) is 4.98 Å². The zero-order valence-electron chi connectivity index (χ0n) is 19.1. The second kappa shape index (κ2) is 9.79. The van der Waals surface area contributed by atoms with Crippen LogP contribution >= 0.6 is 11.3 Å². The summed E-state index contributed by atoms with van der Waals surface area (Å²) in [4.78, 5) is 38.9. The molecule has 1 aliphatic heterocycles. The van der Waals surface area contributed by atoms with E-state index in [1.165, 1.54) is 28.4 Å². The molecule has 7 nitrogen and oxygen atoms in total. The summed E-state index contributed by atoms with van der Waals surface area (Å²) in [6.07, 6.45) is 1.75. The Balaban J connectivity index is 1.47. The molecule has 1 saturated heterocycles. The van der Waals surface area contributed by atoms with Gasteiger partial charge >= 0.3 is 0 Å². The van der Waals surface area contributed by atoms with Gasteiger partial charge < -0.3 is 9.64 Å². The van der Waals surface area contributed by atoms with Crippen molar-refractivity contribution in [1.29, 1.82) is 0 Å². The van der Waals surface area contributed by atoms with E-state index in [1.54, 1.807) is 23.2 Å². The SMILES string of the molecule is CCOc1cccc2sc(N(Cc3ccccn3)C(=O)C3CC(=O)N(c4ccc(F)cc4)C3)nc12. The van der Waals surface area contributed by atoms with Crippen LogP contribution in [-0.2, 0) is 16.1 Å². The van der Waals surface area contributed by atoms with Gasteiger partial charge in [0, 0.05) is 24.8 Å². The lowest BCUT2D eigenvalue weighted by atomic mass is 10.1. The lowest BCUT2D eigenvalue weighted by molar-refractivity contribution is -0.124. The van der Waals surface area contributed by atoms with Crippen LogP contribution in [0.15, 0.2) is 66.9 Å². The van der Waals surface area contributed by atoms with Crippen LogP contribution in [0.5, 0.6) is 5.75 Å². The molecule has 0 spiro atoms. The smallest absolute Gasteiger partial charge is 0.234 e. The van der Waals surface area contributed by atoms with E-state index in [0.29, 0.717) is 34.4 Å². The van der Waals surface area contributed by atoms with E-state index in [4.69, 9.17) is 9.72 Å². The predicted octanol–water partition coefficient (Wildman–Crippen LogP) is 4.82. The minimum atomic E-state index is -0.561. The van der Waals surface area contributed by atoms with Crippen molar-refractivity contribution in [3.05, 3.63) is 78.4 Å². The largest absolute Gasteiger partial charge is 0.492 e. The number of thiazole rings is 1. The van der Waals surface area contributed by atoms with Gasteiger partial charge in [0.05, 0.1) is 29.5 Å². The van der Waals surface area contributed by atoms with Crippen molar-refractivity contribution in [3.8, 4) is 5.75 Å². The number of rotatable bonds is 7. The monoisotopic (exact) mass is 490 g/mol. The Labute approximate surface area is 205 Å². The number of aromatic nitrogens is 2. The highest BCUT2D eigenvalue weighted by Gasteiger charge is 2.38. The Morgan fingerprint density at radius 1 is 1.17 bits per heavy atom. The maximum absolute atomic E-state index is 13.8. The number of fused-ring (bicyclic) bond motifs is 1. The Bertz CT molecular complexity index is 1360. The van der Waals surface area contributed by atoms with Crippen LogP contribution in [-0.4, -0.2) is 34.9 Å². The van der Waals surface area contributed by atoms with Crippen LogP contribution < -0.4 is 14.5 Å². The Morgan fingerprint density at radius 2 is 2.00 bits per heavy atom. The first-order chi connectivity index (χ1) is 17.0. The number of amides is 2. The van der Waals surface area contributed by atoms with Crippen molar-refractivity contribution < 1.29 is 18.7 Å². The normalized spacial score (nSPS) is 15.5. The van der Waals surface area contributed by atoms with Crippen LogP contribution in [0.25, 0.3) is 10.2 Å². The second-order valence-corrected chi connectivity index (χ2v) is 9.17. The Morgan fingerprint density at radius 3 is 2.74 bits per heavy atom. The number of para-hydroxylation sites is 1. The van der Waals surface area contributed by atoms with Gasteiger partial charge in [-0.3, -0.25) is 19.5 Å². The van der Waals surface area contributed by atoms with Crippen molar-refractivity contribution in [2.75, 3.05) is 23.0 Å². The van der Waals surface area contributed by atoms with E-state index in [9.17, 15) is 14.0 Å². The summed E-state index contributed by atoms with van der Waals surface area (Å²) in [5.74, 6) is -0.649. The molecule has 2 aromatic carbocycles. The van der Waals surface area contributed by atoms with E-state index in [-0.39, 0.29) is 37.1 Å². The summed E-state index contributed by atoms with van der Waals surface area (Å²) in [6.45, 7) is 2.86. The number of hydrogen-bond acceptors (Lipinski definition) is 6. The Hall–Kier alpha value is -3.85. The first-order valence-electron chi connectivity index (χ1n) is 11.3. The number of carbonyl (C=O) groups is 2. The number of ether oxygens (including phenoxy) is 1. The fourth-order valence-electron chi connectivity index (χ4n) is 4.16. The molecular formula is C26H23FN4O3S. The molecule has 4 aromatic rings. The summed E-state index contributed by atoms with van der Waals surface area (Å²) >= 11 is 1.40. The molecule has 0 saturated carbocycles. The van der Waals surface area contributed by atoms with Gasteiger partial charge in [0.1, 0.15) is 17.1 Å². The van der Waals surface area contributed by atoms with Crippen LogP contribution in [0.4, 0.5) is 15.2 Å². The molecule has 9 heteroatoms. The molecule has 0 bridgehead atoms. The number of nitrogens with zero attached hydrogens (tertiary/aromatic N) is 4. The first-order valence-corrected chi connectivity index (χ1v) is 12.1. The fourth-order valence-corrected chi connectivity index (χ4v) is 5.14. The molecule has 35 heavy (non-hydrogen) atoms. The van der Waals surface area contributed by atoms with E-state index in [0.717, 1.165) is 4.70 Å². The van der Waals surface area contributed by atoms with Gasteiger partial charge in [0.25, 0.3) is 0 Å². The van der Waals surface area contributed by atoms with Crippen LogP contribution in [0.2, 0.25) is 0 Å². The lowest BCUT2D eigenvalue weighted by Crippen LogP contribution is -2.37. The van der Waals surface area contributed by atoms with Gasteiger partial charge in [-0.1, -0.05) is 23.5 Å². The topological polar surface area (TPSA) is 75.6 Å². The molecule has 1 unspecified atom stereocenters. The average Bonchev–Trinajstić information content (AvgIpc) is 3.48. The molecular weight excluding hydrogens is 467 g/mol. The summed E-state index contributed by atoms with van der Waals surface area (Å²) in [5.41, 5.74) is 1.98. The molecule has 178 valence electrons.